The van der Waals surface area contributed by atoms with Crippen LogP contribution in [0.3, 0.4) is 0 Å². The summed E-state index contributed by atoms with van der Waals surface area (Å²) in [4.78, 5) is 3.78. The van der Waals surface area contributed by atoms with Crippen molar-refractivity contribution in [3.05, 3.63) is 35.1 Å². The maximum atomic E-state index is 5.77. The monoisotopic (exact) mass is 190 g/mol. The molecule has 0 bridgehead atoms. The Morgan fingerprint density at radius 1 is 1.55 bits per heavy atom. The van der Waals surface area contributed by atoms with Gasteiger partial charge in [0.1, 0.15) is 5.15 Å². The van der Waals surface area contributed by atoms with Gasteiger partial charge in [0.25, 0.3) is 0 Å². The van der Waals surface area contributed by atoms with Gasteiger partial charge in [-0.15, -0.1) is 0 Å². The van der Waals surface area contributed by atoms with Crippen molar-refractivity contribution in [1.82, 2.24) is 4.98 Å². The molecule has 0 atom stereocenters. The third-order valence-electron chi connectivity index (χ3n) is 1.18. The Kier molecular flexibility index (Phi) is 3.12. The molecule has 0 saturated carbocycles. The van der Waals surface area contributed by atoms with Crippen molar-refractivity contribution < 1.29 is 4.74 Å². The van der Waals surface area contributed by atoms with Gasteiger partial charge in [0.05, 0.1) is 18.7 Å². The van der Waals surface area contributed by atoms with E-state index in [1.165, 1.54) is 0 Å². The van der Waals surface area contributed by atoms with E-state index in [1.54, 1.807) is 12.3 Å². The van der Waals surface area contributed by atoms with E-state index < -0.39 is 0 Å². The van der Waals surface area contributed by atoms with Crippen LogP contribution in [0.15, 0.2) is 12.3 Å². The van der Waals surface area contributed by atoms with E-state index in [0.717, 1.165) is 5.56 Å². The van der Waals surface area contributed by atoms with Gasteiger partial charge in [-0.25, -0.2) is 4.98 Å². The van der Waals surface area contributed by atoms with Gasteiger partial charge in [0.15, 0.2) is 0 Å². The highest BCUT2D eigenvalue weighted by Crippen LogP contribution is 2.23. The molecule has 1 aromatic heterocycles. The fourth-order valence-electron chi connectivity index (χ4n) is 0.676. The molecule has 1 heterocycles. The Morgan fingerprint density at radius 2 is 2.27 bits per heavy atom. The van der Waals surface area contributed by atoms with Gasteiger partial charge in [-0.2, -0.15) is 0 Å². The zero-order chi connectivity index (χ0) is 8.27. The Bertz CT molecular complexity index is 252. The topological polar surface area (TPSA) is 22.1 Å². The van der Waals surface area contributed by atoms with Crippen LogP contribution >= 0.6 is 23.2 Å². The molecule has 0 unspecified atom stereocenters. The first kappa shape index (κ1) is 8.78. The second-order valence-electron chi connectivity index (χ2n) is 1.92. The first-order valence-corrected chi connectivity index (χ1v) is 3.67. The average Bonchev–Trinajstić information content (AvgIpc) is 1.99. The molecule has 4 heteroatoms. The van der Waals surface area contributed by atoms with Crippen molar-refractivity contribution >= 4 is 23.2 Å². The smallest absolute Gasteiger partial charge is 0.147 e. The van der Waals surface area contributed by atoms with Gasteiger partial charge >= 0.3 is 0 Å². The zero-order valence-electron chi connectivity index (χ0n) is 5.68. The second kappa shape index (κ2) is 3.90. The molecule has 0 saturated heterocycles. The van der Waals surface area contributed by atoms with Crippen molar-refractivity contribution in [1.29, 1.82) is 0 Å². The largest absolute Gasteiger partial charge is 0.374 e. The second-order valence-corrected chi connectivity index (χ2v) is 2.66. The van der Waals surface area contributed by atoms with E-state index in [2.05, 4.69) is 16.8 Å². The highest BCUT2D eigenvalue weighted by molar-refractivity contribution is 6.41. The molecule has 0 aliphatic heterocycles. The minimum atomic E-state index is 0.293. The van der Waals surface area contributed by atoms with Gasteiger partial charge in [0.2, 0.25) is 0 Å². The van der Waals surface area contributed by atoms with E-state index in [1.807, 2.05) is 0 Å². The third-order valence-corrected chi connectivity index (χ3v) is 1.99. The normalized spacial score (nSPS) is 10.1. The molecule has 1 aromatic rings. The molecular weight excluding hydrogens is 185 g/mol. The lowest BCUT2D eigenvalue weighted by molar-refractivity contribution is 0.229. The van der Waals surface area contributed by atoms with Crippen LogP contribution < -0.4 is 0 Å². The summed E-state index contributed by atoms with van der Waals surface area (Å²) in [5.41, 5.74) is 0.793. The number of rotatable bonds is 2. The SMILES string of the molecule is [CH2]OCc1ccnc(Cl)c1Cl. The standard InChI is InChI=1S/C7H6Cl2NO/c1-11-4-5-2-3-10-7(9)6(5)8/h2-3H,1,4H2. The number of aromatic nitrogens is 1. The highest BCUT2D eigenvalue weighted by Gasteiger charge is 2.03. The van der Waals surface area contributed by atoms with Crippen molar-refractivity contribution in [2.45, 2.75) is 6.61 Å². The molecule has 0 aromatic carbocycles. The predicted molar refractivity (Wildman–Crippen MR) is 44.4 cm³/mol. The van der Waals surface area contributed by atoms with Crippen LogP contribution in [0, 0.1) is 7.11 Å². The van der Waals surface area contributed by atoms with Gasteiger partial charge < -0.3 is 4.74 Å². The lowest BCUT2D eigenvalue weighted by Gasteiger charge is -2.01. The van der Waals surface area contributed by atoms with Gasteiger partial charge in [0, 0.05) is 11.8 Å². The fraction of sp³-hybridized carbons (Fsp3) is 0.143. The summed E-state index contributed by atoms with van der Waals surface area (Å²) in [6, 6.07) is 1.74. The molecule has 0 aliphatic carbocycles. The van der Waals surface area contributed by atoms with E-state index in [-0.39, 0.29) is 0 Å². The van der Waals surface area contributed by atoms with Crippen LogP contribution in [0.25, 0.3) is 0 Å². The number of hydrogen-bond acceptors (Lipinski definition) is 2. The van der Waals surface area contributed by atoms with Crippen molar-refractivity contribution in [3.8, 4) is 0 Å². The molecule has 11 heavy (non-hydrogen) atoms. The lowest BCUT2D eigenvalue weighted by Crippen LogP contribution is -1.89. The van der Waals surface area contributed by atoms with Crippen LogP contribution in [0.1, 0.15) is 5.56 Å². The summed E-state index contributed by atoms with van der Waals surface area (Å²) in [6.07, 6.45) is 1.57. The zero-order valence-corrected chi connectivity index (χ0v) is 7.19. The van der Waals surface area contributed by atoms with Crippen LogP contribution in [0.2, 0.25) is 10.2 Å². The van der Waals surface area contributed by atoms with Gasteiger partial charge in [-0.1, -0.05) is 23.2 Å². The number of hydrogen-bond donors (Lipinski definition) is 0. The summed E-state index contributed by atoms with van der Waals surface area (Å²) in [7, 11) is 3.23. The van der Waals surface area contributed by atoms with Crippen molar-refractivity contribution in [2.24, 2.45) is 0 Å². The van der Waals surface area contributed by atoms with Crippen LogP contribution in [-0.2, 0) is 11.3 Å². The maximum Gasteiger partial charge on any atom is 0.147 e. The fourth-order valence-corrected chi connectivity index (χ4v) is 1.02. The Hall–Kier alpha value is -0.310. The number of halogens is 2. The number of ether oxygens (including phenoxy) is 1. The first-order chi connectivity index (χ1) is 5.25. The average molecular weight is 191 g/mol. The summed E-state index contributed by atoms with van der Waals surface area (Å²) in [5, 5.41) is 0.721. The van der Waals surface area contributed by atoms with Gasteiger partial charge in [-0.3, -0.25) is 0 Å². The van der Waals surface area contributed by atoms with Crippen LogP contribution in [0.4, 0.5) is 0 Å². The molecule has 0 fully saturated rings. The van der Waals surface area contributed by atoms with Crippen molar-refractivity contribution in [3.63, 3.8) is 0 Å². The molecular formula is C7H6Cl2NO. The third kappa shape index (κ3) is 2.06. The number of pyridine rings is 1. The van der Waals surface area contributed by atoms with Crippen LogP contribution in [0.5, 0.6) is 0 Å². The molecule has 1 rings (SSSR count). The lowest BCUT2D eigenvalue weighted by atomic mass is 10.3. The Balaban J connectivity index is 2.96. The summed E-state index contributed by atoms with van der Waals surface area (Å²) in [5.74, 6) is 0. The predicted octanol–water partition coefficient (Wildman–Crippen LogP) is 2.70. The minimum absolute atomic E-state index is 0.293. The Morgan fingerprint density at radius 3 is 2.91 bits per heavy atom. The summed E-state index contributed by atoms with van der Waals surface area (Å²) < 4.78 is 4.64. The Labute approximate surface area is 75.1 Å². The molecule has 0 aliphatic rings. The quantitative estimate of drug-likeness (QED) is 0.670. The molecule has 2 nitrogen and oxygen atoms in total. The maximum absolute atomic E-state index is 5.77. The van der Waals surface area contributed by atoms with E-state index in [9.17, 15) is 0 Å². The first-order valence-electron chi connectivity index (χ1n) is 2.91. The van der Waals surface area contributed by atoms with Crippen molar-refractivity contribution in [2.75, 3.05) is 0 Å². The molecule has 59 valence electrons. The number of nitrogens with zero attached hydrogens (tertiary/aromatic N) is 1. The molecule has 0 amide bonds. The van der Waals surface area contributed by atoms with Gasteiger partial charge in [-0.05, 0) is 6.07 Å². The van der Waals surface area contributed by atoms with Crippen LogP contribution in [-0.4, -0.2) is 4.98 Å². The van der Waals surface area contributed by atoms with E-state index in [0.29, 0.717) is 16.8 Å². The molecule has 1 radical (unpaired) electrons. The molecule has 0 spiro atoms. The van der Waals surface area contributed by atoms with E-state index >= 15 is 0 Å². The minimum Gasteiger partial charge on any atom is -0.374 e. The molecule has 0 N–H and O–H groups in total. The highest BCUT2D eigenvalue weighted by atomic mass is 35.5. The van der Waals surface area contributed by atoms with E-state index in [4.69, 9.17) is 23.2 Å². The summed E-state index contributed by atoms with van der Waals surface area (Å²) >= 11 is 11.4. The summed E-state index contributed by atoms with van der Waals surface area (Å²) in [6.45, 7) is 0.348.